The monoisotopic (exact) mass is 337 g/mol. The van der Waals surface area contributed by atoms with E-state index in [0.29, 0.717) is 18.2 Å². The molecule has 0 spiro atoms. The summed E-state index contributed by atoms with van der Waals surface area (Å²) in [4.78, 5) is 0.192. The first kappa shape index (κ1) is 16.0. The zero-order valence-corrected chi connectivity index (χ0v) is 13.7. The summed E-state index contributed by atoms with van der Waals surface area (Å²) in [6, 6.07) is 4.46. The fourth-order valence-corrected chi connectivity index (χ4v) is 4.47. The van der Waals surface area contributed by atoms with E-state index in [1.165, 1.54) is 10.4 Å². The molecule has 1 aliphatic heterocycles. The van der Waals surface area contributed by atoms with Gasteiger partial charge in [0.25, 0.3) is 0 Å². The molecule has 7 heteroatoms. The molecule has 0 N–H and O–H groups in total. The van der Waals surface area contributed by atoms with Crippen LogP contribution in [0.3, 0.4) is 0 Å². The molecule has 2 atom stereocenters. The number of benzene rings is 1. The van der Waals surface area contributed by atoms with E-state index in [9.17, 15) is 8.42 Å². The van der Waals surface area contributed by atoms with Gasteiger partial charge in [0.2, 0.25) is 10.0 Å². The molecule has 1 heterocycles. The Labute approximate surface area is 129 Å². The topological polar surface area (TPSA) is 46.6 Å². The highest BCUT2D eigenvalue weighted by Gasteiger charge is 2.34. The van der Waals surface area contributed by atoms with E-state index in [4.69, 9.17) is 27.9 Å². The van der Waals surface area contributed by atoms with Crippen molar-refractivity contribution >= 4 is 33.2 Å². The summed E-state index contributed by atoms with van der Waals surface area (Å²) in [6.07, 6.45) is -0.112. The molecule has 1 aliphatic rings. The van der Waals surface area contributed by atoms with Crippen molar-refractivity contribution in [3.8, 4) is 0 Å². The van der Waals surface area contributed by atoms with Crippen molar-refractivity contribution in [3.05, 3.63) is 28.8 Å². The summed E-state index contributed by atoms with van der Waals surface area (Å²) in [5.74, 6) is 0.254. The van der Waals surface area contributed by atoms with E-state index >= 15 is 0 Å². The molecule has 2 unspecified atom stereocenters. The fourth-order valence-electron chi connectivity index (χ4n) is 2.14. The Morgan fingerprint density at radius 2 is 2.10 bits per heavy atom. The first-order valence-corrected chi connectivity index (χ1v) is 8.69. The van der Waals surface area contributed by atoms with Crippen LogP contribution < -0.4 is 0 Å². The van der Waals surface area contributed by atoms with Gasteiger partial charge in [0.1, 0.15) is 0 Å². The highest BCUT2D eigenvalue weighted by molar-refractivity contribution is 7.89. The van der Waals surface area contributed by atoms with Crippen LogP contribution in [-0.2, 0) is 20.6 Å². The molecule has 0 saturated carbocycles. The van der Waals surface area contributed by atoms with Crippen molar-refractivity contribution < 1.29 is 13.2 Å². The third-order valence-corrected chi connectivity index (χ3v) is 5.94. The summed E-state index contributed by atoms with van der Waals surface area (Å²) < 4.78 is 32.3. The molecule has 4 nitrogen and oxygen atoms in total. The summed E-state index contributed by atoms with van der Waals surface area (Å²) >= 11 is 11.8. The van der Waals surface area contributed by atoms with Gasteiger partial charge >= 0.3 is 0 Å². The Morgan fingerprint density at radius 3 is 2.70 bits per heavy atom. The van der Waals surface area contributed by atoms with Crippen LogP contribution in [0.2, 0.25) is 5.02 Å². The Morgan fingerprint density at radius 1 is 1.40 bits per heavy atom. The van der Waals surface area contributed by atoms with Crippen molar-refractivity contribution in [2.24, 2.45) is 0 Å². The van der Waals surface area contributed by atoms with Gasteiger partial charge in [0.05, 0.1) is 17.6 Å². The number of sulfonamides is 1. The van der Waals surface area contributed by atoms with E-state index in [2.05, 4.69) is 0 Å². The maximum Gasteiger partial charge on any atom is 0.243 e. The lowest BCUT2D eigenvalue weighted by Crippen LogP contribution is -2.50. The Bertz CT molecular complexity index is 591. The molecule has 0 bridgehead atoms. The summed E-state index contributed by atoms with van der Waals surface area (Å²) in [5, 5.41) is 0.370. The van der Waals surface area contributed by atoms with E-state index in [0.717, 1.165) is 5.56 Å². The van der Waals surface area contributed by atoms with Crippen LogP contribution >= 0.6 is 23.2 Å². The molecule has 0 radical (unpaired) electrons. The van der Waals surface area contributed by atoms with E-state index in [1.54, 1.807) is 12.1 Å². The van der Waals surface area contributed by atoms with Crippen molar-refractivity contribution in [2.75, 3.05) is 13.2 Å². The summed E-state index contributed by atoms with van der Waals surface area (Å²) in [6.45, 7) is 4.43. The zero-order chi connectivity index (χ0) is 14.9. The molecule has 1 aromatic carbocycles. The smallest absolute Gasteiger partial charge is 0.243 e. The lowest BCUT2D eigenvalue weighted by atomic mass is 10.2. The summed E-state index contributed by atoms with van der Waals surface area (Å²) in [5.41, 5.74) is 0.718. The van der Waals surface area contributed by atoms with E-state index in [1.807, 2.05) is 13.8 Å². The number of alkyl halides is 1. The standard InChI is InChI=1S/C13H17Cl2NO3S/c1-9-8-19-10(2)7-16(9)20(17,18)12-4-3-11(6-14)13(15)5-12/h3-5,9-10H,6-8H2,1-2H3. The van der Waals surface area contributed by atoms with Crippen molar-refractivity contribution in [2.45, 2.75) is 36.8 Å². The van der Waals surface area contributed by atoms with Crippen molar-refractivity contribution in [1.82, 2.24) is 4.31 Å². The lowest BCUT2D eigenvalue weighted by molar-refractivity contribution is -0.0170. The average Bonchev–Trinajstić information content (AvgIpc) is 2.41. The van der Waals surface area contributed by atoms with Gasteiger partial charge in [-0.3, -0.25) is 0 Å². The largest absolute Gasteiger partial charge is 0.375 e. The summed E-state index contributed by atoms with van der Waals surface area (Å²) in [7, 11) is -3.57. The molecule has 1 saturated heterocycles. The minimum absolute atomic E-state index is 0.112. The van der Waals surface area contributed by atoms with Crippen LogP contribution in [0.4, 0.5) is 0 Å². The van der Waals surface area contributed by atoms with E-state index in [-0.39, 0.29) is 22.9 Å². The zero-order valence-electron chi connectivity index (χ0n) is 11.3. The maximum atomic E-state index is 12.7. The number of ether oxygens (including phenoxy) is 1. The van der Waals surface area contributed by atoms with Gasteiger partial charge in [-0.15, -0.1) is 11.6 Å². The van der Waals surface area contributed by atoms with Gasteiger partial charge in [0, 0.05) is 23.5 Å². The molecule has 20 heavy (non-hydrogen) atoms. The SMILES string of the molecule is CC1CN(S(=O)(=O)c2ccc(CCl)c(Cl)c2)C(C)CO1. The lowest BCUT2D eigenvalue weighted by Gasteiger charge is -2.35. The molecular formula is C13H17Cl2NO3S. The van der Waals surface area contributed by atoms with Gasteiger partial charge < -0.3 is 4.74 Å². The van der Waals surface area contributed by atoms with E-state index < -0.39 is 10.0 Å². The minimum atomic E-state index is -3.57. The molecule has 112 valence electrons. The highest BCUT2D eigenvalue weighted by Crippen LogP contribution is 2.27. The van der Waals surface area contributed by atoms with Gasteiger partial charge in [-0.1, -0.05) is 17.7 Å². The van der Waals surface area contributed by atoms with Crippen LogP contribution in [0.15, 0.2) is 23.1 Å². The third kappa shape index (κ3) is 3.12. The van der Waals surface area contributed by atoms with Crippen LogP contribution in [0.1, 0.15) is 19.4 Å². The normalized spacial score (nSPS) is 24.8. The average molecular weight is 338 g/mol. The Kier molecular flexibility index (Phi) is 4.97. The maximum absolute atomic E-state index is 12.7. The quantitative estimate of drug-likeness (QED) is 0.796. The van der Waals surface area contributed by atoms with Gasteiger partial charge in [0.15, 0.2) is 0 Å². The second-order valence-electron chi connectivity index (χ2n) is 4.95. The van der Waals surface area contributed by atoms with Crippen LogP contribution in [-0.4, -0.2) is 38.0 Å². The minimum Gasteiger partial charge on any atom is -0.375 e. The molecule has 0 amide bonds. The van der Waals surface area contributed by atoms with Gasteiger partial charge in [-0.2, -0.15) is 4.31 Å². The number of halogens is 2. The van der Waals surface area contributed by atoms with Crippen LogP contribution in [0, 0.1) is 0 Å². The number of hydrogen-bond donors (Lipinski definition) is 0. The molecular weight excluding hydrogens is 321 g/mol. The third-order valence-electron chi connectivity index (χ3n) is 3.33. The fraction of sp³-hybridized carbons (Fsp3) is 0.538. The first-order chi connectivity index (χ1) is 9.36. The number of hydrogen-bond acceptors (Lipinski definition) is 3. The number of nitrogens with zero attached hydrogens (tertiary/aromatic N) is 1. The van der Waals surface area contributed by atoms with Crippen molar-refractivity contribution in [1.29, 1.82) is 0 Å². The molecule has 2 rings (SSSR count). The second kappa shape index (κ2) is 6.20. The Hall–Kier alpha value is -0.330. The first-order valence-electron chi connectivity index (χ1n) is 6.34. The molecule has 1 aromatic rings. The van der Waals surface area contributed by atoms with Crippen LogP contribution in [0.25, 0.3) is 0 Å². The van der Waals surface area contributed by atoms with Crippen LogP contribution in [0.5, 0.6) is 0 Å². The van der Waals surface area contributed by atoms with Crippen molar-refractivity contribution in [3.63, 3.8) is 0 Å². The Balaban J connectivity index is 2.36. The number of rotatable bonds is 3. The predicted molar refractivity (Wildman–Crippen MR) is 79.8 cm³/mol. The van der Waals surface area contributed by atoms with Gasteiger partial charge in [-0.05, 0) is 31.5 Å². The molecule has 0 aromatic heterocycles. The predicted octanol–water partition coefficient (Wildman–Crippen LogP) is 2.88. The molecule has 1 fully saturated rings. The number of morpholine rings is 1. The second-order valence-corrected chi connectivity index (χ2v) is 7.52. The highest BCUT2D eigenvalue weighted by atomic mass is 35.5. The van der Waals surface area contributed by atoms with Gasteiger partial charge in [-0.25, -0.2) is 8.42 Å². The molecule has 0 aliphatic carbocycles.